The zero-order chi connectivity index (χ0) is 11.3. The Balaban J connectivity index is 2.11. The molecule has 0 saturated carbocycles. The minimum absolute atomic E-state index is 0.335. The van der Waals surface area contributed by atoms with Crippen LogP contribution in [0, 0.1) is 0 Å². The van der Waals surface area contributed by atoms with E-state index < -0.39 is 0 Å². The van der Waals surface area contributed by atoms with E-state index in [4.69, 9.17) is 4.74 Å². The first kappa shape index (κ1) is 10.2. The van der Waals surface area contributed by atoms with Gasteiger partial charge in [-0.15, -0.1) is 0 Å². The van der Waals surface area contributed by atoms with Crippen LogP contribution in [-0.4, -0.2) is 31.6 Å². The van der Waals surface area contributed by atoms with Gasteiger partial charge < -0.3 is 9.64 Å². The molecule has 0 N–H and O–H groups in total. The second-order valence-electron chi connectivity index (χ2n) is 5.56. The van der Waals surface area contributed by atoms with Gasteiger partial charge in [0.1, 0.15) is 5.75 Å². The molecule has 1 saturated heterocycles. The zero-order valence-corrected chi connectivity index (χ0v) is 10.3. The van der Waals surface area contributed by atoms with E-state index in [0.29, 0.717) is 5.41 Å². The van der Waals surface area contributed by atoms with Crippen LogP contribution in [0.2, 0.25) is 0 Å². The van der Waals surface area contributed by atoms with Crippen molar-refractivity contribution in [2.75, 3.05) is 20.7 Å². The van der Waals surface area contributed by atoms with Crippen LogP contribution in [0.25, 0.3) is 0 Å². The minimum atomic E-state index is 0.335. The number of nitrogens with zero attached hydrogens (tertiary/aromatic N) is 1. The van der Waals surface area contributed by atoms with Crippen molar-refractivity contribution in [2.45, 2.75) is 31.2 Å². The number of hydrogen-bond acceptors (Lipinski definition) is 2. The molecule has 1 fully saturated rings. The van der Waals surface area contributed by atoms with Crippen molar-refractivity contribution in [1.29, 1.82) is 0 Å². The minimum Gasteiger partial charge on any atom is -0.497 e. The number of ether oxygens (including phenoxy) is 1. The van der Waals surface area contributed by atoms with Crippen molar-refractivity contribution in [3.05, 3.63) is 29.3 Å². The summed E-state index contributed by atoms with van der Waals surface area (Å²) < 4.78 is 5.34. The molecule has 2 aliphatic rings. The van der Waals surface area contributed by atoms with Gasteiger partial charge in [-0.1, -0.05) is 13.0 Å². The lowest BCUT2D eigenvalue weighted by atomic mass is 9.73. The van der Waals surface area contributed by atoms with E-state index in [1.807, 2.05) is 0 Å². The third-order valence-electron chi connectivity index (χ3n) is 4.33. The first-order chi connectivity index (χ1) is 7.62. The van der Waals surface area contributed by atoms with Crippen LogP contribution in [0.1, 0.15) is 24.5 Å². The summed E-state index contributed by atoms with van der Waals surface area (Å²) in [6.07, 6.45) is 2.50. The molecule has 2 nitrogen and oxygen atoms in total. The molecule has 2 bridgehead atoms. The first-order valence-corrected chi connectivity index (χ1v) is 6.00. The largest absolute Gasteiger partial charge is 0.497 e. The molecular weight excluding hydrogens is 198 g/mol. The number of fused-ring (bicyclic) bond motifs is 4. The van der Waals surface area contributed by atoms with E-state index in [9.17, 15) is 0 Å². The van der Waals surface area contributed by atoms with Gasteiger partial charge in [0.15, 0.2) is 0 Å². The third kappa shape index (κ3) is 1.29. The highest BCUT2D eigenvalue weighted by molar-refractivity contribution is 5.44. The highest BCUT2D eigenvalue weighted by Crippen LogP contribution is 2.45. The Kier molecular flexibility index (Phi) is 2.05. The van der Waals surface area contributed by atoms with Crippen LogP contribution in [0.4, 0.5) is 0 Å². The maximum Gasteiger partial charge on any atom is 0.119 e. The summed E-state index contributed by atoms with van der Waals surface area (Å²) in [6, 6.07) is 7.32. The second-order valence-corrected chi connectivity index (χ2v) is 5.56. The van der Waals surface area contributed by atoms with Gasteiger partial charge in [-0.2, -0.15) is 0 Å². The lowest BCUT2D eigenvalue weighted by molar-refractivity contribution is 0.309. The van der Waals surface area contributed by atoms with Gasteiger partial charge in [0.05, 0.1) is 7.11 Å². The molecule has 0 amide bonds. The Morgan fingerprint density at radius 3 is 3.00 bits per heavy atom. The Labute approximate surface area is 97.2 Å². The molecular formula is C14H19NO. The Hall–Kier alpha value is -1.02. The van der Waals surface area contributed by atoms with Gasteiger partial charge in [-0.05, 0) is 43.1 Å². The fraction of sp³-hybridized carbons (Fsp3) is 0.571. The lowest BCUT2D eigenvalue weighted by Crippen LogP contribution is -2.28. The molecule has 1 aliphatic carbocycles. The average molecular weight is 217 g/mol. The van der Waals surface area contributed by atoms with E-state index >= 15 is 0 Å². The maximum absolute atomic E-state index is 5.34. The quantitative estimate of drug-likeness (QED) is 0.715. The third-order valence-corrected chi connectivity index (χ3v) is 4.33. The van der Waals surface area contributed by atoms with Gasteiger partial charge in [0.25, 0.3) is 0 Å². The highest BCUT2D eigenvalue weighted by atomic mass is 16.5. The molecule has 0 spiro atoms. The fourth-order valence-corrected chi connectivity index (χ4v) is 3.52. The molecule has 0 aromatic heterocycles. The van der Waals surface area contributed by atoms with Gasteiger partial charge in [-0.25, -0.2) is 0 Å². The number of rotatable bonds is 1. The lowest BCUT2D eigenvalue weighted by Gasteiger charge is -2.31. The van der Waals surface area contributed by atoms with Gasteiger partial charge >= 0.3 is 0 Å². The molecule has 1 aromatic rings. The molecule has 2 atom stereocenters. The van der Waals surface area contributed by atoms with Crippen LogP contribution < -0.4 is 4.74 Å². The number of hydrogen-bond donors (Lipinski definition) is 0. The molecule has 86 valence electrons. The van der Waals surface area contributed by atoms with E-state index in [-0.39, 0.29) is 0 Å². The topological polar surface area (TPSA) is 12.5 Å². The number of likely N-dealkylation sites (tertiary alicyclic amines) is 1. The van der Waals surface area contributed by atoms with Crippen molar-refractivity contribution in [3.63, 3.8) is 0 Å². The van der Waals surface area contributed by atoms with Crippen molar-refractivity contribution < 1.29 is 4.74 Å². The van der Waals surface area contributed by atoms with Crippen LogP contribution in [-0.2, 0) is 11.8 Å². The summed E-state index contributed by atoms with van der Waals surface area (Å²) in [5, 5.41) is 0. The van der Waals surface area contributed by atoms with Crippen LogP contribution in [0.5, 0.6) is 5.75 Å². The van der Waals surface area contributed by atoms with E-state index in [0.717, 1.165) is 11.8 Å². The molecule has 0 radical (unpaired) electrons. The highest BCUT2D eigenvalue weighted by Gasteiger charge is 2.44. The molecule has 3 rings (SSSR count). The van der Waals surface area contributed by atoms with Crippen LogP contribution in [0.15, 0.2) is 18.2 Å². The van der Waals surface area contributed by atoms with Gasteiger partial charge in [-0.3, -0.25) is 0 Å². The van der Waals surface area contributed by atoms with Crippen molar-refractivity contribution in [1.82, 2.24) is 4.90 Å². The molecule has 1 aliphatic heterocycles. The van der Waals surface area contributed by atoms with E-state index in [1.165, 1.54) is 30.5 Å². The Morgan fingerprint density at radius 1 is 1.44 bits per heavy atom. The standard InChI is InChI=1S/C14H19NO/c1-14-8-11(15(2)9-14)6-10-4-5-12(16-3)7-13(10)14/h4-5,7,11H,6,8-9H2,1-3H3/t11-,14+/m0/s1. The SMILES string of the molecule is COc1ccc2c(c1)[C@]1(C)C[C@H](C2)N(C)C1. The monoisotopic (exact) mass is 217 g/mol. The van der Waals surface area contributed by atoms with Crippen molar-refractivity contribution in [2.24, 2.45) is 0 Å². The van der Waals surface area contributed by atoms with Crippen LogP contribution >= 0.6 is 0 Å². The van der Waals surface area contributed by atoms with E-state index in [1.54, 1.807) is 7.11 Å². The number of benzene rings is 1. The molecule has 16 heavy (non-hydrogen) atoms. The Morgan fingerprint density at radius 2 is 2.25 bits per heavy atom. The number of methoxy groups -OCH3 is 1. The van der Waals surface area contributed by atoms with Crippen molar-refractivity contribution >= 4 is 0 Å². The summed E-state index contributed by atoms with van der Waals surface area (Å²) in [4.78, 5) is 2.51. The molecule has 0 unspecified atom stereocenters. The first-order valence-electron chi connectivity index (χ1n) is 6.00. The number of likely N-dealkylation sites (N-methyl/N-ethyl adjacent to an activating group) is 1. The van der Waals surface area contributed by atoms with Gasteiger partial charge in [0, 0.05) is 18.0 Å². The van der Waals surface area contributed by atoms with Crippen molar-refractivity contribution in [3.8, 4) is 5.75 Å². The second kappa shape index (κ2) is 3.24. The fourth-order valence-electron chi connectivity index (χ4n) is 3.52. The van der Waals surface area contributed by atoms with E-state index in [2.05, 4.69) is 37.1 Å². The maximum atomic E-state index is 5.34. The zero-order valence-electron chi connectivity index (χ0n) is 10.3. The summed E-state index contributed by atoms with van der Waals surface area (Å²) in [6.45, 7) is 3.57. The smallest absolute Gasteiger partial charge is 0.119 e. The molecule has 1 heterocycles. The van der Waals surface area contributed by atoms with Crippen LogP contribution in [0.3, 0.4) is 0 Å². The molecule has 1 aromatic carbocycles. The predicted octanol–water partition coefficient (Wildman–Crippen LogP) is 2.21. The summed E-state index contributed by atoms with van der Waals surface area (Å²) in [5.41, 5.74) is 3.36. The summed E-state index contributed by atoms with van der Waals surface area (Å²) >= 11 is 0. The summed E-state index contributed by atoms with van der Waals surface area (Å²) in [5.74, 6) is 0.993. The predicted molar refractivity (Wildman–Crippen MR) is 65.1 cm³/mol. The normalized spacial score (nSPS) is 32.6. The molecule has 2 heteroatoms. The van der Waals surface area contributed by atoms with Gasteiger partial charge in [0.2, 0.25) is 0 Å². The average Bonchev–Trinajstić information content (AvgIpc) is 2.51. The Bertz CT molecular complexity index is 425. The summed E-state index contributed by atoms with van der Waals surface area (Å²) in [7, 11) is 4.00.